The van der Waals surface area contributed by atoms with E-state index >= 15 is 0 Å². The molecule has 1 unspecified atom stereocenters. The summed E-state index contributed by atoms with van der Waals surface area (Å²) in [6.07, 6.45) is 2.31. The van der Waals surface area contributed by atoms with Crippen LogP contribution in [0.2, 0.25) is 0 Å². The van der Waals surface area contributed by atoms with Crippen LogP contribution in [0, 0.1) is 0 Å². The first-order chi connectivity index (χ1) is 33.5. The summed E-state index contributed by atoms with van der Waals surface area (Å²) in [4.78, 5) is 5.61. The van der Waals surface area contributed by atoms with Gasteiger partial charge in [0.2, 0.25) is 0 Å². The summed E-state index contributed by atoms with van der Waals surface area (Å²) in [5.41, 5.74) is 15.1. The molecular formula is C64H52N4O+2. The van der Waals surface area contributed by atoms with Crippen molar-refractivity contribution >= 4 is 65.3 Å². The molecule has 0 amide bonds. The number of imidazole rings is 1. The first-order valence-corrected chi connectivity index (χ1v) is 24.6. The van der Waals surface area contributed by atoms with E-state index in [-0.39, 0.29) is 17.3 Å². The fourth-order valence-electron chi connectivity index (χ4n) is 12.2. The van der Waals surface area contributed by atoms with E-state index in [0.29, 0.717) is 0 Å². The van der Waals surface area contributed by atoms with E-state index in [4.69, 9.17) is 9.40 Å². The predicted octanol–water partition coefficient (Wildman–Crippen LogP) is 15.4. The summed E-state index contributed by atoms with van der Waals surface area (Å²) < 4.78 is 15.3. The first kappa shape index (κ1) is 40.2. The number of hydrogen-bond acceptors (Lipinski definition) is 2. The number of aromatic nitrogens is 4. The third kappa shape index (κ3) is 5.33. The maximum absolute atomic E-state index is 7.51. The Kier molecular flexibility index (Phi) is 8.21. The number of nitrogens with zero attached hydrogens (tertiary/aromatic N) is 4. The lowest BCUT2D eigenvalue weighted by Gasteiger charge is -2.23. The Morgan fingerprint density at radius 1 is 0.565 bits per heavy atom. The molecular weight excluding hydrogens is 841 g/mol. The second-order valence-corrected chi connectivity index (χ2v) is 21.1. The van der Waals surface area contributed by atoms with Crippen molar-refractivity contribution in [2.45, 2.75) is 71.4 Å². The van der Waals surface area contributed by atoms with Crippen molar-refractivity contribution in [1.82, 2.24) is 9.55 Å². The smallest absolute Gasteiger partial charge is 0.335 e. The van der Waals surface area contributed by atoms with Gasteiger partial charge < -0.3 is 4.42 Å². The maximum Gasteiger partial charge on any atom is 0.335 e. The number of rotatable bonds is 4. The molecule has 5 heteroatoms. The third-order valence-electron chi connectivity index (χ3n) is 15.4. The van der Waals surface area contributed by atoms with Gasteiger partial charge >= 0.3 is 17.3 Å². The number of benzene rings is 9. The average Bonchev–Trinajstić information content (AvgIpc) is 4.08. The zero-order valence-electron chi connectivity index (χ0n) is 40.1. The standard InChI is InChI=1S/C64H52N4O/c1-37(2)48-34-43(39-17-9-8-10-18-39)35-49(38(3)4)58(48)67-59-45-22-14-12-20-41(45)27-30-54(59)68-62(67)57-53(64(68)52-24-16-15-23-47(52)61-65-56(63(5,6)7)31-32-66(61)64)29-28-46-51-33-42-26-25-40-19-11-13-21-44(40)50(42)36-55(51)69-60(46)57/h8-38H,1-7H3/q+2. The molecule has 3 aromatic heterocycles. The van der Waals surface area contributed by atoms with Crippen molar-refractivity contribution in [3.05, 3.63) is 204 Å². The van der Waals surface area contributed by atoms with Gasteiger partial charge in [-0.2, -0.15) is 13.7 Å². The first-order valence-electron chi connectivity index (χ1n) is 24.6. The van der Waals surface area contributed by atoms with Gasteiger partial charge in [-0.05, 0) is 122 Å². The van der Waals surface area contributed by atoms with Gasteiger partial charge in [-0.1, -0.05) is 146 Å². The molecule has 14 rings (SSSR count). The van der Waals surface area contributed by atoms with Gasteiger partial charge in [0.05, 0.1) is 16.7 Å². The zero-order chi connectivity index (χ0) is 46.7. The molecule has 69 heavy (non-hydrogen) atoms. The maximum atomic E-state index is 7.51. The van der Waals surface area contributed by atoms with Crippen LogP contribution < -0.4 is 9.13 Å². The largest absolute Gasteiger partial charge is 0.455 e. The lowest BCUT2D eigenvalue weighted by Crippen LogP contribution is -2.71. The molecule has 5 heterocycles. The average molecular weight is 893 g/mol. The van der Waals surface area contributed by atoms with Crippen LogP contribution >= 0.6 is 0 Å². The van der Waals surface area contributed by atoms with Crippen LogP contribution in [-0.2, 0) is 11.1 Å². The second kappa shape index (κ2) is 14.1. The van der Waals surface area contributed by atoms with Crippen LogP contribution in [0.4, 0.5) is 0 Å². The van der Waals surface area contributed by atoms with E-state index in [0.717, 1.165) is 55.9 Å². The minimum Gasteiger partial charge on any atom is -0.455 e. The highest BCUT2D eigenvalue weighted by atomic mass is 16.3. The fraction of sp³-hybridized carbons (Fsp3) is 0.172. The highest BCUT2D eigenvalue weighted by molar-refractivity contribution is 6.18. The minimum atomic E-state index is -0.861. The van der Waals surface area contributed by atoms with Crippen molar-refractivity contribution < 1.29 is 13.6 Å². The summed E-state index contributed by atoms with van der Waals surface area (Å²) in [5, 5.41) is 9.48. The van der Waals surface area contributed by atoms with E-state index in [2.05, 4.69) is 238 Å². The molecule has 0 fully saturated rings. The minimum absolute atomic E-state index is 0.150. The lowest BCUT2D eigenvalue weighted by molar-refractivity contribution is -0.945. The van der Waals surface area contributed by atoms with Gasteiger partial charge in [-0.3, -0.25) is 0 Å². The summed E-state index contributed by atoms with van der Waals surface area (Å²) in [7, 11) is 0. The van der Waals surface area contributed by atoms with Crippen molar-refractivity contribution in [3.8, 4) is 39.6 Å². The molecule has 0 saturated heterocycles. The normalized spacial score (nSPS) is 15.2. The van der Waals surface area contributed by atoms with Gasteiger partial charge in [0.1, 0.15) is 23.0 Å². The molecule has 0 saturated carbocycles. The van der Waals surface area contributed by atoms with E-state index < -0.39 is 5.66 Å². The Bertz CT molecular complexity index is 4150. The molecule has 0 N–H and O–H groups in total. The molecule has 0 radical (unpaired) electrons. The lowest BCUT2D eigenvalue weighted by atomic mass is 9.87. The summed E-state index contributed by atoms with van der Waals surface area (Å²) in [5.74, 6) is 2.47. The van der Waals surface area contributed by atoms with Crippen molar-refractivity contribution in [2.24, 2.45) is 0 Å². The van der Waals surface area contributed by atoms with Crippen LogP contribution in [0.15, 0.2) is 180 Å². The summed E-state index contributed by atoms with van der Waals surface area (Å²) in [6, 6.07) is 63.2. The highest BCUT2D eigenvalue weighted by Crippen LogP contribution is 2.54. The molecule has 2 aliphatic rings. The fourth-order valence-corrected chi connectivity index (χ4v) is 12.2. The highest BCUT2D eigenvalue weighted by Gasteiger charge is 2.65. The van der Waals surface area contributed by atoms with Crippen LogP contribution in [0.1, 0.15) is 88.2 Å². The summed E-state index contributed by atoms with van der Waals surface area (Å²) >= 11 is 0. The quantitative estimate of drug-likeness (QED) is 0.130. The monoisotopic (exact) mass is 892 g/mol. The Morgan fingerprint density at radius 3 is 1.99 bits per heavy atom. The number of fused-ring (bicyclic) bond motifs is 21. The van der Waals surface area contributed by atoms with Gasteiger partial charge in [-0.25, -0.2) is 0 Å². The third-order valence-corrected chi connectivity index (χ3v) is 15.4. The number of furan rings is 1. The van der Waals surface area contributed by atoms with Gasteiger partial charge in [0.25, 0.3) is 0 Å². The van der Waals surface area contributed by atoms with Gasteiger partial charge in [-0.15, -0.1) is 0 Å². The van der Waals surface area contributed by atoms with Crippen LogP contribution in [0.5, 0.6) is 0 Å². The molecule has 5 nitrogen and oxygen atoms in total. The Morgan fingerprint density at radius 2 is 1.23 bits per heavy atom. The van der Waals surface area contributed by atoms with Crippen LogP contribution in [-0.4, -0.2) is 9.55 Å². The second-order valence-electron chi connectivity index (χ2n) is 21.1. The van der Waals surface area contributed by atoms with Crippen molar-refractivity contribution in [1.29, 1.82) is 0 Å². The molecule has 332 valence electrons. The molecule has 12 aromatic rings. The van der Waals surface area contributed by atoms with Crippen molar-refractivity contribution in [3.63, 3.8) is 0 Å². The van der Waals surface area contributed by atoms with Gasteiger partial charge in [0.15, 0.2) is 22.3 Å². The van der Waals surface area contributed by atoms with E-state index in [1.807, 2.05) is 0 Å². The molecule has 1 atom stereocenters. The molecule has 1 spiro atoms. The summed E-state index contributed by atoms with van der Waals surface area (Å²) in [6.45, 7) is 16.2. The SMILES string of the molecule is CC(C)c1cc(-c2ccccc2)cc(C(C)C)c1-n1c2[n+](c3ccc4ccccc4c31)C1(c3ccccc3-c3nc(C(C)(C)C)cc[n+]31)c1ccc3c(oc4cc5c(ccc6ccccc65)cc43)c1-2. The predicted molar refractivity (Wildman–Crippen MR) is 282 cm³/mol. The Labute approximate surface area is 401 Å². The Balaban J connectivity index is 1.22. The number of hydrogen-bond donors (Lipinski definition) is 0. The van der Waals surface area contributed by atoms with Crippen molar-refractivity contribution in [2.75, 3.05) is 0 Å². The van der Waals surface area contributed by atoms with Gasteiger partial charge in [0, 0.05) is 38.8 Å². The molecule has 0 bridgehead atoms. The molecule has 2 aliphatic heterocycles. The zero-order valence-corrected chi connectivity index (χ0v) is 40.1. The topological polar surface area (TPSA) is 38.7 Å². The molecule has 0 aliphatic carbocycles. The van der Waals surface area contributed by atoms with E-state index in [9.17, 15) is 0 Å². The van der Waals surface area contributed by atoms with E-state index in [1.54, 1.807) is 0 Å². The van der Waals surface area contributed by atoms with Crippen LogP contribution in [0.25, 0.3) is 105 Å². The van der Waals surface area contributed by atoms with Crippen LogP contribution in [0.3, 0.4) is 0 Å². The molecule has 9 aromatic carbocycles. The van der Waals surface area contributed by atoms with E-state index in [1.165, 1.54) is 76.9 Å². The Hall–Kier alpha value is -7.89.